The zero-order chi connectivity index (χ0) is 11.5. The van der Waals surface area contributed by atoms with Crippen LogP contribution in [0.2, 0.25) is 0 Å². The first-order chi connectivity index (χ1) is 7.72. The first-order valence-corrected chi connectivity index (χ1v) is 6.58. The van der Waals surface area contributed by atoms with Crippen molar-refractivity contribution in [2.24, 2.45) is 0 Å². The van der Waals surface area contributed by atoms with Gasteiger partial charge < -0.3 is 9.64 Å². The second kappa shape index (κ2) is 5.21. The van der Waals surface area contributed by atoms with Gasteiger partial charge in [0.1, 0.15) is 11.6 Å². The van der Waals surface area contributed by atoms with Crippen molar-refractivity contribution < 1.29 is 9.13 Å². The fourth-order valence-electron chi connectivity index (χ4n) is 2.05. The van der Waals surface area contributed by atoms with Crippen molar-refractivity contribution in [3.8, 4) is 5.75 Å². The molecule has 0 N–H and O–H groups in total. The third kappa shape index (κ3) is 2.42. The Balaban J connectivity index is 2.29. The molecule has 16 heavy (non-hydrogen) atoms. The Morgan fingerprint density at radius 2 is 1.94 bits per heavy atom. The Morgan fingerprint density at radius 1 is 1.25 bits per heavy atom. The van der Waals surface area contributed by atoms with E-state index < -0.39 is 0 Å². The second-order valence-electron chi connectivity index (χ2n) is 3.99. The molecule has 0 saturated carbocycles. The molecule has 2 nitrogen and oxygen atoms in total. The predicted octanol–water partition coefficient (Wildman–Crippen LogP) is 3.43. The highest BCUT2D eigenvalue weighted by Gasteiger charge is 2.16. The summed E-state index contributed by atoms with van der Waals surface area (Å²) in [4.78, 5) is 2.13. The van der Waals surface area contributed by atoms with Crippen molar-refractivity contribution in [2.45, 2.75) is 19.3 Å². The SMILES string of the molecule is COc1cc(F)c(N2CCCCC2)cc1I. The zero-order valence-electron chi connectivity index (χ0n) is 9.30. The van der Waals surface area contributed by atoms with Gasteiger partial charge in [-0.3, -0.25) is 0 Å². The van der Waals surface area contributed by atoms with Gasteiger partial charge in [-0.05, 0) is 47.9 Å². The maximum atomic E-state index is 13.9. The van der Waals surface area contributed by atoms with Crippen molar-refractivity contribution in [1.29, 1.82) is 0 Å². The van der Waals surface area contributed by atoms with Crippen LogP contribution in [0.5, 0.6) is 5.75 Å². The van der Waals surface area contributed by atoms with Crippen LogP contribution in [0.4, 0.5) is 10.1 Å². The lowest BCUT2D eigenvalue weighted by Gasteiger charge is -2.29. The maximum Gasteiger partial charge on any atom is 0.150 e. The first kappa shape index (κ1) is 12.0. The van der Waals surface area contributed by atoms with Gasteiger partial charge in [0.2, 0.25) is 0 Å². The van der Waals surface area contributed by atoms with Gasteiger partial charge in [-0.2, -0.15) is 0 Å². The molecule has 0 spiro atoms. The highest BCUT2D eigenvalue weighted by molar-refractivity contribution is 14.1. The fourth-order valence-corrected chi connectivity index (χ4v) is 2.72. The summed E-state index contributed by atoms with van der Waals surface area (Å²) >= 11 is 2.18. The lowest BCUT2D eigenvalue weighted by molar-refractivity contribution is 0.408. The van der Waals surface area contributed by atoms with E-state index in [2.05, 4.69) is 27.5 Å². The van der Waals surface area contributed by atoms with E-state index in [1.807, 2.05) is 6.07 Å². The highest BCUT2D eigenvalue weighted by Crippen LogP contribution is 2.30. The Labute approximate surface area is 109 Å². The van der Waals surface area contributed by atoms with Crippen LogP contribution in [0.25, 0.3) is 0 Å². The molecule has 1 fully saturated rings. The van der Waals surface area contributed by atoms with Gasteiger partial charge in [0.15, 0.2) is 0 Å². The standard InChI is InChI=1S/C12H15FINO/c1-16-12-7-9(13)11(8-10(12)14)15-5-3-2-4-6-15/h7-8H,2-6H2,1H3. The third-order valence-electron chi connectivity index (χ3n) is 2.92. The van der Waals surface area contributed by atoms with E-state index >= 15 is 0 Å². The highest BCUT2D eigenvalue weighted by atomic mass is 127. The van der Waals surface area contributed by atoms with Crippen molar-refractivity contribution in [3.05, 3.63) is 21.5 Å². The number of halogens is 2. The van der Waals surface area contributed by atoms with Crippen LogP contribution in [-0.4, -0.2) is 20.2 Å². The molecule has 1 aliphatic heterocycles. The van der Waals surface area contributed by atoms with E-state index in [0.29, 0.717) is 11.4 Å². The van der Waals surface area contributed by atoms with Crippen LogP contribution >= 0.6 is 22.6 Å². The van der Waals surface area contributed by atoms with Crippen molar-refractivity contribution in [1.82, 2.24) is 0 Å². The largest absolute Gasteiger partial charge is 0.496 e. The second-order valence-corrected chi connectivity index (χ2v) is 5.15. The van der Waals surface area contributed by atoms with Crippen molar-refractivity contribution in [2.75, 3.05) is 25.1 Å². The van der Waals surface area contributed by atoms with Gasteiger partial charge in [-0.15, -0.1) is 0 Å². The lowest BCUT2D eigenvalue weighted by Crippen LogP contribution is -2.30. The molecule has 0 unspecified atom stereocenters. The molecule has 4 heteroatoms. The summed E-state index contributed by atoms with van der Waals surface area (Å²) in [5, 5.41) is 0. The molecule has 0 aromatic heterocycles. The van der Waals surface area contributed by atoms with Crippen LogP contribution < -0.4 is 9.64 Å². The van der Waals surface area contributed by atoms with Crippen LogP contribution in [0.1, 0.15) is 19.3 Å². The Morgan fingerprint density at radius 3 is 2.56 bits per heavy atom. The normalized spacial score (nSPS) is 16.3. The minimum atomic E-state index is -0.181. The van der Waals surface area contributed by atoms with E-state index in [1.165, 1.54) is 12.5 Å². The predicted molar refractivity (Wildman–Crippen MR) is 71.7 cm³/mol. The summed E-state index contributed by atoms with van der Waals surface area (Å²) in [6.07, 6.45) is 3.56. The number of hydrogen-bond acceptors (Lipinski definition) is 2. The summed E-state index contributed by atoms with van der Waals surface area (Å²) in [5.74, 6) is 0.429. The summed E-state index contributed by atoms with van der Waals surface area (Å²) < 4.78 is 19.9. The van der Waals surface area contributed by atoms with Crippen LogP contribution in [-0.2, 0) is 0 Å². The van der Waals surface area contributed by atoms with E-state index in [0.717, 1.165) is 29.5 Å². The average Bonchev–Trinajstić information content (AvgIpc) is 2.32. The van der Waals surface area contributed by atoms with E-state index in [4.69, 9.17) is 4.74 Å². The lowest BCUT2D eigenvalue weighted by atomic mass is 10.1. The number of methoxy groups -OCH3 is 1. The molecule has 2 rings (SSSR count). The summed E-state index contributed by atoms with van der Waals surface area (Å²) in [7, 11) is 1.57. The number of anilines is 1. The maximum absolute atomic E-state index is 13.9. The van der Waals surface area contributed by atoms with Crippen LogP contribution in [0.3, 0.4) is 0 Å². The Kier molecular flexibility index (Phi) is 3.89. The molecule has 0 amide bonds. The summed E-state index contributed by atoms with van der Waals surface area (Å²) in [5.41, 5.74) is 0.713. The van der Waals surface area contributed by atoms with E-state index in [-0.39, 0.29) is 5.82 Å². The van der Waals surface area contributed by atoms with Gasteiger partial charge in [0.05, 0.1) is 16.4 Å². The molecule has 1 heterocycles. The van der Waals surface area contributed by atoms with Gasteiger partial charge in [-0.25, -0.2) is 4.39 Å². The summed E-state index contributed by atoms with van der Waals surface area (Å²) in [6, 6.07) is 3.35. The van der Waals surface area contributed by atoms with Crippen LogP contribution in [0.15, 0.2) is 12.1 Å². The number of ether oxygens (including phenoxy) is 1. The van der Waals surface area contributed by atoms with E-state index in [9.17, 15) is 4.39 Å². The number of nitrogens with zero attached hydrogens (tertiary/aromatic N) is 1. The molecule has 1 aromatic carbocycles. The first-order valence-electron chi connectivity index (χ1n) is 5.50. The Hall–Kier alpha value is -0.520. The van der Waals surface area contributed by atoms with Crippen molar-refractivity contribution >= 4 is 28.3 Å². The molecule has 0 radical (unpaired) electrons. The minimum absolute atomic E-state index is 0.181. The van der Waals surface area contributed by atoms with Gasteiger partial charge >= 0.3 is 0 Å². The van der Waals surface area contributed by atoms with Crippen molar-refractivity contribution in [3.63, 3.8) is 0 Å². The molecule has 0 bridgehead atoms. The molecule has 1 saturated heterocycles. The van der Waals surface area contributed by atoms with Crippen LogP contribution in [0, 0.1) is 9.39 Å². The fraction of sp³-hybridized carbons (Fsp3) is 0.500. The summed E-state index contributed by atoms with van der Waals surface area (Å²) in [6.45, 7) is 1.92. The van der Waals surface area contributed by atoms with Gasteiger partial charge in [0.25, 0.3) is 0 Å². The molecular formula is C12H15FINO. The molecule has 0 aliphatic carbocycles. The topological polar surface area (TPSA) is 12.5 Å². The molecule has 88 valence electrons. The average molecular weight is 335 g/mol. The van der Waals surface area contributed by atoms with Gasteiger partial charge in [0, 0.05) is 19.2 Å². The number of rotatable bonds is 2. The molecule has 1 aromatic rings. The van der Waals surface area contributed by atoms with E-state index in [1.54, 1.807) is 7.11 Å². The number of hydrogen-bond donors (Lipinski definition) is 0. The quantitative estimate of drug-likeness (QED) is 0.768. The Bertz CT molecular complexity index is 378. The number of piperidine rings is 1. The smallest absolute Gasteiger partial charge is 0.150 e. The molecule has 0 atom stereocenters. The minimum Gasteiger partial charge on any atom is -0.496 e. The number of benzene rings is 1. The molecular weight excluding hydrogens is 320 g/mol. The third-order valence-corrected chi connectivity index (χ3v) is 3.76. The monoisotopic (exact) mass is 335 g/mol. The molecule has 1 aliphatic rings. The van der Waals surface area contributed by atoms with Gasteiger partial charge in [-0.1, -0.05) is 0 Å². The zero-order valence-corrected chi connectivity index (χ0v) is 11.5.